The Morgan fingerprint density at radius 1 is 1.31 bits per heavy atom. The van der Waals surface area contributed by atoms with Crippen molar-refractivity contribution in [3.63, 3.8) is 0 Å². The van der Waals surface area contributed by atoms with Crippen LogP contribution < -0.4 is 10.3 Å². The molecule has 0 N–H and O–H groups in total. The number of carbonyl (C=O) groups is 1. The summed E-state index contributed by atoms with van der Waals surface area (Å²) >= 11 is 3.36. The van der Waals surface area contributed by atoms with Crippen molar-refractivity contribution in [3.8, 4) is 5.75 Å². The quantitative estimate of drug-likeness (QED) is 0.254. The first-order chi connectivity index (χ1) is 16.9. The molecule has 0 saturated carbocycles. The molecule has 182 valence electrons. The number of nitrogens with zero attached hydrogens (tertiary/aromatic N) is 5. The summed E-state index contributed by atoms with van der Waals surface area (Å²) in [5, 5.41) is 16.3. The van der Waals surface area contributed by atoms with Crippen LogP contribution in [0.1, 0.15) is 18.3 Å². The molecule has 12 heteroatoms. The summed E-state index contributed by atoms with van der Waals surface area (Å²) in [4.78, 5) is 42.8. The average Bonchev–Trinajstić information content (AvgIpc) is 2.87. The number of fused-ring (bicyclic) bond motifs is 1. The second-order valence-corrected chi connectivity index (χ2v) is 8.55. The van der Waals surface area contributed by atoms with Crippen molar-refractivity contribution >= 4 is 44.6 Å². The third-order valence-corrected chi connectivity index (χ3v) is 5.92. The third kappa shape index (κ3) is 5.38. The highest BCUT2D eigenvalue weighted by Gasteiger charge is 2.22. The molecule has 0 atom stereocenters. The highest BCUT2D eigenvalue weighted by Crippen LogP contribution is 2.30. The third-order valence-electron chi connectivity index (χ3n) is 5.43. The number of hydrogen-bond acceptors (Lipinski definition) is 8. The Balaban J connectivity index is 1.69. The number of nitro groups is 1. The van der Waals surface area contributed by atoms with Gasteiger partial charge >= 0.3 is 5.69 Å². The molecule has 11 nitrogen and oxygen atoms in total. The van der Waals surface area contributed by atoms with Crippen LogP contribution in [0.25, 0.3) is 10.9 Å². The number of nitro benzene ring substituents is 1. The minimum atomic E-state index is -0.593. The maximum Gasteiger partial charge on any atom is 0.311 e. The van der Waals surface area contributed by atoms with Gasteiger partial charge in [-0.1, -0.05) is 28.9 Å². The Labute approximate surface area is 208 Å². The second kappa shape index (κ2) is 10.7. The number of benzene rings is 2. The van der Waals surface area contributed by atoms with Gasteiger partial charge in [0.05, 0.1) is 35.3 Å². The molecule has 2 aromatic carbocycles. The van der Waals surface area contributed by atoms with Crippen molar-refractivity contribution in [1.82, 2.24) is 14.6 Å². The molecule has 3 aromatic rings. The average molecular weight is 544 g/mol. The number of aromatic nitrogens is 2. The summed E-state index contributed by atoms with van der Waals surface area (Å²) in [6, 6.07) is 9.53. The van der Waals surface area contributed by atoms with Crippen molar-refractivity contribution < 1.29 is 19.2 Å². The lowest BCUT2D eigenvalue weighted by Crippen LogP contribution is -2.43. The summed E-state index contributed by atoms with van der Waals surface area (Å²) in [6.45, 7) is 3.19. The van der Waals surface area contributed by atoms with Crippen molar-refractivity contribution in [2.24, 2.45) is 5.10 Å². The van der Waals surface area contributed by atoms with E-state index >= 15 is 0 Å². The van der Waals surface area contributed by atoms with Gasteiger partial charge in [-0.3, -0.25) is 19.7 Å². The van der Waals surface area contributed by atoms with E-state index in [4.69, 9.17) is 9.47 Å². The standard InChI is InChI=1S/C23H22BrN5O6/c1-2-20-26-18-7-6-16(24)12-17(18)23(31)28(20)25-13-15-4-3-5-19(29(32)33)22(15)35-14-21(30)27-8-10-34-11-9-27/h3-7,12-13H,2,8-11,14H2,1H3. The Hall–Kier alpha value is -3.64. The number of para-hydroxylation sites is 1. The summed E-state index contributed by atoms with van der Waals surface area (Å²) in [5.41, 5.74) is 0.104. The fourth-order valence-electron chi connectivity index (χ4n) is 3.65. The van der Waals surface area contributed by atoms with E-state index < -0.39 is 4.92 Å². The molecule has 35 heavy (non-hydrogen) atoms. The first kappa shape index (κ1) is 24.5. The van der Waals surface area contributed by atoms with Gasteiger partial charge in [-0.15, -0.1) is 0 Å². The molecule has 1 fully saturated rings. The van der Waals surface area contributed by atoms with Crippen LogP contribution in [0.4, 0.5) is 5.69 Å². The SMILES string of the molecule is CCc1nc2ccc(Br)cc2c(=O)n1N=Cc1cccc([N+](=O)[O-])c1OCC(=O)N1CCOCC1. The van der Waals surface area contributed by atoms with E-state index in [1.165, 1.54) is 18.3 Å². The van der Waals surface area contributed by atoms with Crippen molar-refractivity contribution in [2.45, 2.75) is 13.3 Å². The van der Waals surface area contributed by atoms with E-state index in [-0.39, 0.29) is 35.1 Å². The zero-order valence-electron chi connectivity index (χ0n) is 18.8. The fourth-order valence-corrected chi connectivity index (χ4v) is 4.01. The molecule has 4 rings (SSSR count). The van der Waals surface area contributed by atoms with E-state index in [0.717, 1.165) is 9.15 Å². The highest BCUT2D eigenvalue weighted by molar-refractivity contribution is 9.10. The number of ether oxygens (including phenoxy) is 2. The van der Waals surface area contributed by atoms with Crippen LogP contribution in [-0.4, -0.2) is 64.5 Å². The largest absolute Gasteiger partial charge is 0.476 e. The van der Waals surface area contributed by atoms with Crippen LogP contribution in [0.3, 0.4) is 0 Å². The van der Waals surface area contributed by atoms with Crippen molar-refractivity contribution in [1.29, 1.82) is 0 Å². The lowest BCUT2D eigenvalue weighted by molar-refractivity contribution is -0.385. The molecule has 1 aliphatic heterocycles. The Kier molecular flexibility index (Phi) is 7.51. The molecule has 0 spiro atoms. The number of carbonyl (C=O) groups excluding carboxylic acids is 1. The molecule has 0 bridgehead atoms. The van der Waals surface area contributed by atoms with Crippen LogP contribution in [0.5, 0.6) is 5.75 Å². The van der Waals surface area contributed by atoms with E-state index in [1.807, 2.05) is 6.92 Å². The Bertz CT molecular complexity index is 1370. The number of hydrogen-bond donors (Lipinski definition) is 0. The van der Waals surface area contributed by atoms with Gasteiger partial charge in [0, 0.05) is 35.6 Å². The lowest BCUT2D eigenvalue weighted by Gasteiger charge is -2.26. The second-order valence-electron chi connectivity index (χ2n) is 7.64. The number of amides is 1. The van der Waals surface area contributed by atoms with Crippen LogP contribution >= 0.6 is 15.9 Å². The number of morpholine rings is 1. The van der Waals surface area contributed by atoms with Crippen LogP contribution in [0.2, 0.25) is 0 Å². The molecule has 0 radical (unpaired) electrons. The summed E-state index contributed by atoms with van der Waals surface area (Å²) < 4.78 is 12.8. The van der Waals surface area contributed by atoms with Crippen molar-refractivity contribution in [2.75, 3.05) is 32.9 Å². The van der Waals surface area contributed by atoms with Crippen LogP contribution in [0, 0.1) is 10.1 Å². The van der Waals surface area contributed by atoms with Crippen LogP contribution in [-0.2, 0) is 16.0 Å². The van der Waals surface area contributed by atoms with Gasteiger partial charge in [-0.2, -0.15) is 9.78 Å². The molecule has 2 heterocycles. The van der Waals surface area contributed by atoms with E-state index in [2.05, 4.69) is 26.0 Å². The van der Waals surface area contributed by atoms with Gasteiger partial charge in [0.25, 0.3) is 11.5 Å². The molecular formula is C23H22BrN5O6. The minimum Gasteiger partial charge on any atom is -0.476 e. The molecule has 1 saturated heterocycles. The smallest absolute Gasteiger partial charge is 0.311 e. The predicted molar refractivity (Wildman–Crippen MR) is 132 cm³/mol. The fraction of sp³-hybridized carbons (Fsp3) is 0.304. The topological polar surface area (TPSA) is 129 Å². The van der Waals surface area contributed by atoms with Gasteiger partial charge in [-0.25, -0.2) is 4.98 Å². The zero-order valence-corrected chi connectivity index (χ0v) is 20.4. The Morgan fingerprint density at radius 3 is 2.80 bits per heavy atom. The van der Waals surface area contributed by atoms with Gasteiger partial charge in [0.2, 0.25) is 5.75 Å². The highest BCUT2D eigenvalue weighted by atomic mass is 79.9. The van der Waals surface area contributed by atoms with E-state index in [9.17, 15) is 19.7 Å². The number of rotatable bonds is 7. The van der Waals surface area contributed by atoms with Crippen molar-refractivity contribution in [3.05, 3.63) is 72.7 Å². The predicted octanol–water partition coefficient (Wildman–Crippen LogP) is 2.75. The molecule has 0 unspecified atom stereocenters. The van der Waals surface area contributed by atoms with E-state index in [1.54, 1.807) is 29.2 Å². The Morgan fingerprint density at radius 2 is 2.09 bits per heavy atom. The van der Waals surface area contributed by atoms with Gasteiger partial charge in [0.1, 0.15) is 5.82 Å². The minimum absolute atomic E-state index is 0.106. The summed E-state index contributed by atoms with van der Waals surface area (Å²) in [7, 11) is 0. The zero-order chi connectivity index (χ0) is 24.9. The molecule has 1 aliphatic rings. The monoisotopic (exact) mass is 543 g/mol. The first-order valence-corrected chi connectivity index (χ1v) is 11.7. The maximum absolute atomic E-state index is 13.1. The molecular weight excluding hydrogens is 522 g/mol. The maximum atomic E-state index is 13.1. The summed E-state index contributed by atoms with van der Waals surface area (Å²) in [5.74, 6) is 0.0186. The lowest BCUT2D eigenvalue weighted by atomic mass is 10.2. The van der Waals surface area contributed by atoms with Gasteiger partial charge in [-0.05, 0) is 24.3 Å². The molecule has 1 amide bonds. The molecule has 1 aromatic heterocycles. The summed E-state index contributed by atoms with van der Waals surface area (Å²) in [6.07, 6.45) is 1.73. The van der Waals surface area contributed by atoms with Crippen LogP contribution in [0.15, 0.2) is 50.8 Å². The number of aryl methyl sites for hydroxylation is 1. The normalized spacial score (nSPS) is 13.9. The van der Waals surface area contributed by atoms with Gasteiger partial charge < -0.3 is 14.4 Å². The number of halogens is 1. The molecule has 0 aliphatic carbocycles. The first-order valence-electron chi connectivity index (χ1n) is 10.9. The van der Waals surface area contributed by atoms with Gasteiger partial charge in [0.15, 0.2) is 6.61 Å². The van der Waals surface area contributed by atoms with E-state index in [0.29, 0.717) is 49.5 Å².